The van der Waals surface area contributed by atoms with Crippen LogP contribution in [0.5, 0.6) is 5.75 Å². The molecule has 0 saturated carbocycles. The highest BCUT2D eigenvalue weighted by molar-refractivity contribution is 7.87. The maximum Gasteiger partial charge on any atom is 0.339 e. The van der Waals surface area contributed by atoms with E-state index < -0.39 is 10.1 Å². The molecule has 10 heteroatoms. The molecule has 0 aliphatic rings. The van der Waals surface area contributed by atoms with Crippen LogP contribution in [-0.4, -0.2) is 44.5 Å². The molecule has 0 unspecified atom stereocenters. The van der Waals surface area contributed by atoms with Crippen LogP contribution in [-0.2, 0) is 16.7 Å². The van der Waals surface area contributed by atoms with Crippen molar-refractivity contribution in [1.82, 2.24) is 10.2 Å². The third kappa shape index (κ3) is 7.66. The monoisotopic (exact) mass is 543 g/mol. The van der Waals surface area contributed by atoms with Crippen molar-refractivity contribution in [3.63, 3.8) is 0 Å². The molecule has 0 spiro atoms. The first-order valence-corrected chi connectivity index (χ1v) is 13.9. The van der Waals surface area contributed by atoms with Gasteiger partial charge in [-0.2, -0.15) is 8.42 Å². The van der Waals surface area contributed by atoms with Crippen molar-refractivity contribution < 1.29 is 17.4 Å². The van der Waals surface area contributed by atoms with E-state index in [1.54, 1.807) is 11.0 Å². The highest BCUT2D eigenvalue weighted by Crippen LogP contribution is 2.32. The van der Waals surface area contributed by atoms with Gasteiger partial charge in [0.05, 0.1) is 16.6 Å². The summed E-state index contributed by atoms with van der Waals surface area (Å²) >= 11 is 12.0. The van der Waals surface area contributed by atoms with Crippen LogP contribution in [0.1, 0.15) is 53.5 Å². The van der Waals surface area contributed by atoms with Gasteiger partial charge in [0.2, 0.25) is 0 Å². The normalized spacial score (nSPS) is 12.4. The first-order valence-electron chi connectivity index (χ1n) is 11.8. The third-order valence-electron chi connectivity index (χ3n) is 5.70. The van der Waals surface area contributed by atoms with Gasteiger partial charge in [-0.3, -0.25) is 0 Å². The molecular weight excluding hydrogens is 509 g/mol. The SMILES string of the molecule is CC[C@H](C)N(Cc1ccc(N(CC)CC)cc1OS(=O)(=O)c1ccc(Cl)c(Cl)c1)C(=O)NC(C)C. The number of amides is 2. The Bertz CT molecular complexity index is 1120. The van der Waals surface area contributed by atoms with E-state index in [-0.39, 0.29) is 45.3 Å². The number of halogens is 2. The minimum atomic E-state index is -4.21. The molecule has 0 heterocycles. The Balaban J connectivity index is 2.54. The fourth-order valence-electron chi connectivity index (χ4n) is 3.50. The smallest absolute Gasteiger partial charge is 0.339 e. The molecule has 2 rings (SSSR count). The molecule has 0 aliphatic heterocycles. The fourth-order valence-corrected chi connectivity index (χ4v) is 4.84. The van der Waals surface area contributed by atoms with Gasteiger partial charge in [0, 0.05) is 42.5 Å². The molecule has 2 aromatic carbocycles. The van der Waals surface area contributed by atoms with Gasteiger partial charge in [-0.15, -0.1) is 0 Å². The molecule has 0 aromatic heterocycles. The largest absolute Gasteiger partial charge is 0.379 e. The molecule has 0 radical (unpaired) electrons. The predicted molar refractivity (Wildman–Crippen MR) is 143 cm³/mol. The van der Waals surface area contributed by atoms with Gasteiger partial charge < -0.3 is 19.3 Å². The van der Waals surface area contributed by atoms with Gasteiger partial charge >= 0.3 is 16.1 Å². The van der Waals surface area contributed by atoms with Gasteiger partial charge in [-0.05, 0) is 65.3 Å². The van der Waals surface area contributed by atoms with Crippen molar-refractivity contribution in [1.29, 1.82) is 0 Å². The summed E-state index contributed by atoms with van der Waals surface area (Å²) in [6.07, 6.45) is 0.737. The number of carbonyl (C=O) groups excluding carboxylic acids is 1. The van der Waals surface area contributed by atoms with E-state index in [0.717, 1.165) is 25.2 Å². The van der Waals surface area contributed by atoms with E-state index in [0.29, 0.717) is 5.56 Å². The number of nitrogens with one attached hydrogen (secondary N) is 1. The molecule has 0 saturated heterocycles. The second kappa shape index (κ2) is 12.7. The average molecular weight is 545 g/mol. The van der Waals surface area contributed by atoms with E-state index in [9.17, 15) is 13.2 Å². The summed E-state index contributed by atoms with van der Waals surface area (Å²) in [5, 5.41) is 3.28. The van der Waals surface area contributed by atoms with Crippen molar-refractivity contribution in [2.75, 3.05) is 18.0 Å². The standard InChI is InChI=1S/C25H35Cl2N3O4S/c1-7-18(6)30(25(31)28-17(4)5)16-19-10-11-20(29(8-2)9-3)14-24(19)34-35(32,33)21-12-13-22(26)23(27)15-21/h10-15,17-18H,7-9,16H2,1-6H3,(H,28,31)/t18-/m0/s1. The van der Waals surface area contributed by atoms with Crippen molar-refractivity contribution in [2.45, 2.75) is 71.5 Å². The number of nitrogens with zero attached hydrogens (tertiary/aromatic N) is 2. The van der Waals surface area contributed by atoms with Crippen LogP contribution in [0.4, 0.5) is 10.5 Å². The van der Waals surface area contributed by atoms with Gasteiger partial charge in [0.15, 0.2) is 0 Å². The Morgan fingerprint density at radius 1 is 1.00 bits per heavy atom. The van der Waals surface area contributed by atoms with Crippen molar-refractivity contribution >= 4 is 45.0 Å². The maximum absolute atomic E-state index is 13.2. The second-order valence-corrected chi connectivity index (χ2v) is 10.9. The lowest BCUT2D eigenvalue weighted by molar-refractivity contribution is 0.170. The maximum atomic E-state index is 13.2. The number of urea groups is 1. The summed E-state index contributed by atoms with van der Waals surface area (Å²) in [4.78, 5) is 16.6. The van der Waals surface area contributed by atoms with Gasteiger partial charge in [0.1, 0.15) is 10.6 Å². The first-order chi connectivity index (χ1) is 16.4. The average Bonchev–Trinajstić information content (AvgIpc) is 2.79. The molecule has 1 N–H and O–H groups in total. The first kappa shape index (κ1) is 29.1. The highest BCUT2D eigenvalue weighted by Gasteiger charge is 2.25. The van der Waals surface area contributed by atoms with E-state index >= 15 is 0 Å². The topological polar surface area (TPSA) is 79.0 Å². The van der Waals surface area contributed by atoms with E-state index in [4.69, 9.17) is 27.4 Å². The zero-order valence-electron chi connectivity index (χ0n) is 21.1. The van der Waals surface area contributed by atoms with Crippen LogP contribution in [0.3, 0.4) is 0 Å². The molecule has 7 nitrogen and oxygen atoms in total. The number of anilines is 1. The molecule has 194 valence electrons. The summed E-state index contributed by atoms with van der Waals surface area (Å²) in [7, 11) is -4.21. The molecule has 0 bridgehead atoms. The zero-order chi connectivity index (χ0) is 26.3. The Labute approximate surface area is 219 Å². The zero-order valence-corrected chi connectivity index (χ0v) is 23.5. The van der Waals surface area contributed by atoms with Crippen molar-refractivity contribution in [3.05, 3.63) is 52.0 Å². The van der Waals surface area contributed by atoms with Crippen LogP contribution in [0, 0.1) is 0 Å². The Kier molecular flexibility index (Phi) is 10.5. The van der Waals surface area contributed by atoms with E-state index in [2.05, 4.69) is 10.2 Å². The summed E-state index contributed by atoms with van der Waals surface area (Å²) in [5.41, 5.74) is 1.39. The number of benzene rings is 2. The van der Waals surface area contributed by atoms with Crippen molar-refractivity contribution in [3.8, 4) is 5.75 Å². The van der Waals surface area contributed by atoms with Crippen molar-refractivity contribution in [2.24, 2.45) is 0 Å². The predicted octanol–water partition coefficient (Wildman–Crippen LogP) is 6.33. The molecule has 1 atom stereocenters. The quantitative estimate of drug-likeness (QED) is 0.335. The van der Waals surface area contributed by atoms with Crippen LogP contribution in [0.25, 0.3) is 0 Å². The Morgan fingerprint density at radius 2 is 1.66 bits per heavy atom. The third-order valence-corrected chi connectivity index (χ3v) is 7.66. The Morgan fingerprint density at radius 3 is 2.20 bits per heavy atom. The molecular formula is C25H35Cl2N3O4S. The summed E-state index contributed by atoms with van der Waals surface area (Å²) in [6.45, 7) is 13.4. The number of hydrogen-bond donors (Lipinski definition) is 1. The van der Waals surface area contributed by atoms with Gasteiger partial charge in [-0.1, -0.05) is 36.2 Å². The number of rotatable bonds is 11. The summed E-state index contributed by atoms with van der Waals surface area (Å²) in [5.74, 6) is 0.158. The molecule has 0 aliphatic carbocycles. The van der Waals surface area contributed by atoms with Crippen LogP contribution in [0.15, 0.2) is 41.3 Å². The Hall–Kier alpha value is -2.16. The lowest BCUT2D eigenvalue weighted by Gasteiger charge is -2.30. The number of hydrogen-bond acceptors (Lipinski definition) is 5. The van der Waals surface area contributed by atoms with Gasteiger partial charge in [0.25, 0.3) is 0 Å². The van der Waals surface area contributed by atoms with E-state index in [1.165, 1.54) is 18.2 Å². The minimum Gasteiger partial charge on any atom is -0.379 e. The molecule has 0 fully saturated rings. The number of carbonyl (C=O) groups is 1. The fraction of sp³-hybridized carbons (Fsp3) is 0.480. The van der Waals surface area contributed by atoms with E-state index in [1.807, 2.05) is 53.7 Å². The summed E-state index contributed by atoms with van der Waals surface area (Å²) < 4.78 is 32.0. The van der Waals surface area contributed by atoms with Crippen LogP contribution in [0.2, 0.25) is 10.0 Å². The highest BCUT2D eigenvalue weighted by atomic mass is 35.5. The van der Waals surface area contributed by atoms with Crippen LogP contribution < -0.4 is 14.4 Å². The van der Waals surface area contributed by atoms with Gasteiger partial charge in [-0.25, -0.2) is 4.79 Å². The molecule has 35 heavy (non-hydrogen) atoms. The van der Waals surface area contributed by atoms with Crippen LogP contribution >= 0.6 is 23.2 Å². The molecule has 2 aromatic rings. The lowest BCUT2D eigenvalue weighted by Crippen LogP contribution is -2.46. The minimum absolute atomic E-state index is 0.0372. The summed E-state index contributed by atoms with van der Waals surface area (Å²) in [6, 6.07) is 9.11. The lowest BCUT2D eigenvalue weighted by atomic mass is 10.1. The second-order valence-electron chi connectivity index (χ2n) is 8.57. The molecule has 2 amide bonds.